The molecule has 0 saturated carbocycles. The van der Waals surface area contributed by atoms with Crippen LogP contribution in [0, 0.1) is 5.92 Å². The minimum Gasteiger partial charge on any atom is -0.493 e. The van der Waals surface area contributed by atoms with Gasteiger partial charge < -0.3 is 14.4 Å². The van der Waals surface area contributed by atoms with Crippen molar-refractivity contribution in [3.63, 3.8) is 0 Å². The van der Waals surface area contributed by atoms with Gasteiger partial charge in [0.15, 0.2) is 11.5 Å². The van der Waals surface area contributed by atoms with Crippen molar-refractivity contribution in [2.75, 3.05) is 26.8 Å². The van der Waals surface area contributed by atoms with Gasteiger partial charge in [0.2, 0.25) is 0 Å². The first-order valence-electron chi connectivity index (χ1n) is 8.82. The number of likely N-dealkylation sites (tertiary alicyclic amines) is 1. The van der Waals surface area contributed by atoms with Crippen molar-refractivity contribution < 1.29 is 14.3 Å². The topological polar surface area (TPSA) is 38.8 Å². The number of hydrogen-bond donors (Lipinski definition) is 0. The normalized spacial score (nSPS) is 15.3. The van der Waals surface area contributed by atoms with Crippen molar-refractivity contribution in [1.29, 1.82) is 0 Å². The van der Waals surface area contributed by atoms with Crippen LogP contribution in [0.15, 0.2) is 12.1 Å². The first kappa shape index (κ1) is 18.9. The lowest BCUT2D eigenvalue weighted by atomic mass is 10.1. The number of nitrogens with zero attached hydrogens (tertiary/aromatic N) is 1. The van der Waals surface area contributed by atoms with Crippen LogP contribution in [0.5, 0.6) is 11.5 Å². The first-order chi connectivity index (χ1) is 11.5. The average molecular weight is 354 g/mol. The van der Waals surface area contributed by atoms with Gasteiger partial charge >= 0.3 is 0 Å². The third-order valence-corrected chi connectivity index (χ3v) is 4.59. The van der Waals surface area contributed by atoms with Crippen LogP contribution in [-0.2, 0) is 0 Å². The fourth-order valence-corrected chi connectivity index (χ4v) is 3.10. The van der Waals surface area contributed by atoms with E-state index in [0.29, 0.717) is 34.6 Å². The Hall–Kier alpha value is -1.42. The molecule has 4 nitrogen and oxygen atoms in total. The van der Waals surface area contributed by atoms with Gasteiger partial charge in [0.05, 0.1) is 18.7 Å². The fraction of sp³-hybridized carbons (Fsp3) is 0.632. The third kappa shape index (κ3) is 5.04. The lowest BCUT2D eigenvalue weighted by molar-refractivity contribution is 0.0761. The summed E-state index contributed by atoms with van der Waals surface area (Å²) in [5.41, 5.74) is 0.565. The molecule has 1 aromatic carbocycles. The van der Waals surface area contributed by atoms with Gasteiger partial charge in [-0.1, -0.05) is 38.3 Å². The molecule has 0 aromatic heterocycles. The van der Waals surface area contributed by atoms with Crippen molar-refractivity contribution in [1.82, 2.24) is 4.90 Å². The molecule has 1 aliphatic heterocycles. The molecule has 0 bridgehead atoms. The summed E-state index contributed by atoms with van der Waals surface area (Å²) in [7, 11) is 1.57. The number of hydrogen-bond acceptors (Lipinski definition) is 3. The molecule has 0 aliphatic carbocycles. The smallest absolute Gasteiger partial charge is 0.254 e. The molecule has 1 aromatic rings. The van der Waals surface area contributed by atoms with Crippen molar-refractivity contribution in [3.05, 3.63) is 22.7 Å². The van der Waals surface area contributed by atoms with Crippen LogP contribution in [-0.4, -0.2) is 37.6 Å². The van der Waals surface area contributed by atoms with Gasteiger partial charge in [-0.15, -0.1) is 0 Å². The lowest BCUT2D eigenvalue weighted by Crippen LogP contribution is -2.31. The summed E-state index contributed by atoms with van der Waals surface area (Å²) < 4.78 is 11.2. The summed E-state index contributed by atoms with van der Waals surface area (Å²) in [4.78, 5) is 14.7. The molecule has 0 unspecified atom stereocenters. The van der Waals surface area contributed by atoms with Crippen LogP contribution < -0.4 is 9.47 Å². The molecule has 2 rings (SSSR count). The zero-order valence-corrected chi connectivity index (χ0v) is 15.7. The van der Waals surface area contributed by atoms with Crippen LogP contribution >= 0.6 is 11.6 Å². The summed E-state index contributed by atoms with van der Waals surface area (Å²) in [5, 5.41) is 0.427. The minimum absolute atomic E-state index is 0.0193. The standard InChI is InChI=1S/C19H28ClNO3/c1-14(2)8-11-24-18-16(20)12-15(13-17(18)23-3)19(22)21-9-6-4-5-7-10-21/h12-14H,4-11H2,1-3H3. The molecule has 5 heteroatoms. The molecular weight excluding hydrogens is 326 g/mol. The number of carbonyl (C=O) groups is 1. The van der Waals surface area contributed by atoms with E-state index < -0.39 is 0 Å². The molecule has 1 saturated heterocycles. The Morgan fingerprint density at radius 1 is 1.21 bits per heavy atom. The van der Waals surface area contributed by atoms with Gasteiger partial charge in [-0.3, -0.25) is 4.79 Å². The Labute approximate surface area is 150 Å². The van der Waals surface area contributed by atoms with Crippen molar-refractivity contribution >= 4 is 17.5 Å². The van der Waals surface area contributed by atoms with Crippen molar-refractivity contribution in [2.24, 2.45) is 5.92 Å². The molecule has 0 spiro atoms. The van der Waals surface area contributed by atoms with Crippen LogP contribution in [0.25, 0.3) is 0 Å². The predicted molar refractivity (Wildman–Crippen MR) is 97.3 cm³/mol. The number of benzene rings is 1. The maximum atomic E-state index is 12.8. The van der Waals surface area contributed by atoms with E-state index in [4.69, 9.17) is 21.1 Å². The third-order valence-electron chi connectivity index (χ3n) is 4.31. The Morgan fingerprint density at radius 3 is 2.46 bits per heavy atom. The number of methoxy groups -OCH3 is 1. The van der Waals surface area contributed by atoms with Gasteiger partial charge in [-0.05, 0) is 37.3 Å². The predicted octanol–water partition coefficient (Wildman–Crippen LogP) is 4.79. The van der Waals surface area contributed by atoms with E-state index in [0.717, 1.165) is 32.4 Å². The molecular formula is C19H28ClNO3. The lowest BCUT2D eigenvalue weighted by Gasteiger charge is -2.21. The average Bonchev–Trinajstić information content (AvgIpc) is 2.84. The van der Waals surface area contributed by atoms with E-state index in [1.54, 1.807) is 19.2 Å². The first-order valence-corrected chi connectivity index (χ1v) is 9.20. The summed E-state index contributed by atoms with van der Waals surface area (Å²) >= 11 is 6.37. The number of amides is 1. The Morgan fingerprint density at radius 2 is 1.88 bits per heavy atom. The van der Waals surface area contributed by atoms with E-state index in [2.05, 4.69) is 13.8 Å². The van der Waals surface area contributed by atoms with Gasteiger partial charge in [-0.2, -0.15) is 0 Å². The molecule has 1 amide bonds. The highest BCUT2D eigenvalue weighted by Gasteiger charge is 2.21. The molecule has 1 heterocycles. The molecule has 134 valence electrons. The highest BCUT2D eigenvalue weighted by atomic mass is 35.5. The van der Waals surface area contributed by atoms with Gasteiger partial charge in [0, 0.05) is 18.7 Å². The maximum Gasteiger partial charge on any atom is 0.254 e. The van der Waals surface area contributed by atoms with Crippen LogP contribution in [0.4, 0.5) is 0 Å². The Balaban J connectivity index is 2.16. The number of ether oxygens (including phenoxy) is 2. The van der Waals surface area contributed by atoms with E-state index in [-0.39, 0.29) is 5.91 Å². The van der Waals surface area contributed by atoms with Crippen LogP contribution in [0.1, 0.15) is 56.3 Å². The van der Waals surface area contributed by atoms with E-state index >= 15 is 0 Å². The van der Waals surface area contributed by atoms with E-state index in [9.17, 15) is 4.79 Å². The molecule has 0 atom stereocenters. The van der Waals surface area contributed by atoms with E-state index in [1.165, 1.54) is 12.8 Å². The number of halogens is 1. The second kappa shape index (κ2) is 9.16. The van der Waals surface area contributed by atoms with E-state index in [1.807, 2.05) is 4.90 Å². The zero-order chi connectivity index (χ0) is 17.5. The summed E-state index contributed by atoms with van der Waals surface area (Å²) in [6.07, 6.45) is 5.45. The highest BCUT2D eigenvalue weighted by molar-refractivity contribution is 6.32. The van der Waals surface area contributed by atoms with Crippen molar-refractivity contribution in [3.8, 4) is 11.5 Å². The maximum absolute atomic E-state index is 12.8. The van der Waals surface area contributed by atoms with Crippen molar-refractivity contribution in [2.45, 2.75) is 46.0 Å². The second-order valence-electron chi connectivity index (χ2n) is 6.73. The molecule has 24 heavy (non-hydrogen) atoms. The molecule has 0 N–H and O–H groups in total. The quantitative estimate of drug-likeness (QED) is 0.738. The minimum atomic E-state index is 0.0193. The second-order valence-corrected chi connectivity index (χ2v) is 7.13. The van der Waals surface area contributed by atoms with Crippen LogP contribution in [0.3, 0.4) is 0 Å². The Bertz CT molecular complexity index is 552. The van der Waals surface area contributed by atoms with Gasteiger partial charge in [-0.25, -0.2) is 0 Å². The summed E-state index contributed by atoms with van der Waals surface area (Å²) in [5.74, 6) is 1.61. The van der Waals surface area contributed by atoms with Gasteiger partial charge in [0.25, 0.3) is 5.91 Å². The number of rotatable bonds is 6. The Kier molecular flexibility index (Phi) is 7.22. The zero-order valence-electron chi connectivity index (χ0n) is 14.9. The largest absolute Gasteiger partial charge is 0.493 e. The van der Waals surface area contributed by atoms with Crippen LogP contribution in [0.2, 0.25) is 5.02 Å². The SMILES string of the molecule is COc1cc(C(=O)N2CCCCCC2)cc(Cl)c1OCCC(C)C. The number of carbonyl (C=O) groups excluding carboxylic acids is 1. The fourth-order valence-electron chi connectivity index (χ4n) is 2.84. The molecule has 1 aliphatic rings. The monoisotopic (exact) mass is 353 g/mol. The molecule has 0 radical (unpaired) electrons. The summed E-state index contributed by atoms with van der Waals surface area (Å²) in [6, 6.07) is 3.44. The highest BCUT2D eigenvalue weighted by Crippen LogP contribution is 2.37. The van der Waals surface area contributed by atoms with Gasteiger partial charge in [0.1, 0.15) is 0 Å². The summed E-state index contributed by atoms with van der Waals surface area (Å²) in [6.45, 7) is 6.49. The molecule has 1 fully saturated rings.